The van der Waals surface area contributed by atoms with Gasteiger partial charge in [-0.15, -0.1) is 0 Å². The Morgan fingerprint density at radius 3 is 2.29 bits per heavy atom. The molecule has 1 aliphatic rings. The molecular formula is C20H27N3O5. The molecule has 0 radical (unpaired) electrons. The fourth-order valence-electron chi connectivity index (χ4n) is 2.99. The van der Waals surface area contributed by atoms with Crippen molar-refractivity contribution in [3.63, 3.8) is 0 Å². The van der Waals surface area contributed by atoms with E-state index in [0.717, 1.165) is 16.9 Å². The molecule has 1 saturated heterocycles. The van der Waals surface area contributed by atoms with Crippen molar-refractivity contribution in [1.29, 1.82) is 0 Å². The quantitative estimate of drug-likeness (QED) is 0.517. The number of hydrogen-bond donors (Lipinski definition) is 1. The summed E-state index contributed by atoms with van der Waals surface area (Å²) in [6, 6.07) is 4.73. The van der Waals surface area contributed by atoms with E-state index in [1.165, 1.54) is 0 Å². The van der Waals surface area contributed by atoms with Gasteiger partial charge in [-0.1, -0.05) is 20.3 Å². The molecule has 4 amide bonds. The van der Waals surface area contributed by atoms with Gasteiger partial charge in [0.25, 0.3) is 0 Å². The van der Waals surface area contributed by atoms with E-state index < -0.39 is 23.8 Å². The molecule has 152 valence electrons. The second-order valence-electron chi connectivity index (χ2n) is 6.45. The number of rotatable bonds is 9. The van der Waals surface area contributed by atoms with Gasteiger partial charge in [0.15, 0.2) is 5.92 Å². The van der Waals surface area contributed by atoms with Crippen LogP contribution in [-0.4, -0.2) is 49.2 Å². The van der Waals surface area contributed by atoms with E-state index in [1.807, 2.05) is 26.0 Å². The van der Waals surface area contributed by atoms with Crippen LogP contribution in [0.2, 0.25) is 0 Å². The minimum atomic E-state index is -1.08. The first-order valence-corrected chi connectivity index (χ1v) is 9.36. The average molecular weight is 389 g/mol. The predicted octanol–water partition coefficient (Wildman–Crippen LogP) is 2.55. The van der Waals surface area contributed by atoms with Crippen LogP contribution >= 0.6 is 0 Å². The van der Waals surface area contributed by atoms with Crippen molar-refractivity contribution in [2.24, 2.45) is 10.9 Å². The normalized spacial score (nSPS) is 17.6. The maximum Gasteiger partial charge on any atom is 0.330 e. The molecule has 8 heteroatoms. The van der Waals surface area contributed by atoms with Crippen molar-refractivity contribution in [1.82, 2.24) is 10.2 Å². The van der Waals surface area contributed by atoms with Crippen molar-refractivity contribution in [3.8, 4) is 11.5 Å². The van der Waals surface area contributed by atoms with Gasteiger partial charge in [-0.25, -0.2) is 4.79 Å². The number of methoxy groups -OCH3 is 2. The lowest BCUT2D eigenvalue weighted by molar-refractivity contribution is -0.139. The molecule has 0 unspecified atom stereocenters. The Bertz CT molecular complexity index is 753. The van der Waals surface area contributed by atoms with E-state index in [4.69, 9.17) is 9.47 Å². The van der Waals surface area contributed by atoms with Crippen molar-refractivity contribution < 1.29 is 23.9 Å². The minimum Gasteiger partial charge on any atom is -0.497 e. The van der Waals surface area contributed by atoms with Crippen LogP contribution in [0, 0.1) is 5.92 Å². The summed E-state index contributed by atoms with van der Waals surface area (Å²) in [4.78, 5) is 42.8. The monoisotopic (exact) mass is 389 g/mol. The molecule has 0 saturated carbocycles. The van der Waals surface area contributed by atoms with Crippen LogP contribution in [0.5, 0.6) is 11.5 Å². The number of aliphatic imine (C=N–C) groups is 1. The summed E-state index contributed by atoms with van der Waals surface area (Å²) >= 11 is 0. The van der Waals surface area contributed by atoms with Gasteiger partial charge in [-0.05, 0) is 30.5 Å². The third kappa shape index (κ3) is 4.88. The Morgan fingerprint density at radius 1 is 1.11 bits per heavy atom. The van der Waals surface area contributed by atoms with Crippen LogP contribution in [-0.2, 0) is 16.1 Å². The third-order valence-corrected chi connectivity index (χ3v) is 4.56. The lowest BCUT2D eigenvalue weighted by Gasteiger charge is -2.30. The van der Waals surface area contributed by atoms with E-state index >= 15 is 0 Å². The first kappa shape index (κ1) is 21.4. The van der Waals surface area contributed by atoms with E-state index in [2.05, 4.69) is 10.3 Å². The second-order valence-corrected chi connectivity index (χ2v) is 6.45. The highest BCUT2D eigenvalue weighted by Gasteiger charge is 2.42. The summed E-state index contributed by atoms with van der Waals surface area (Å²) in [6.45, 7) is 4.35. The van der Waals surface area contributed by atoms with Crippen molar-refractivity contribution in [2.45, 2.75) is 39.7 Å². The van der Waals surface area contributed by atoms with E-state index in [9.17, 15) is 14.4 Å². The number of nitrogens with zero attached hydrogens (tertiary/aromatic N) is 2. The topological polar surface area (TPSA) is 97.3 Å². The molecular weight excluding hydrogens is 362 g/mol. The Labute approximate surface area is 164 Å². The number of nitrogens with one attached hydrogen (secondary N) is 1. The van der Waals surface area contributed by atoms with Gasteiger partial charge in [0.1, 0.15) is 11.5 Å². The molecule has 1 atom stereocenters. The van der Waals surface area contributed by atoms with Gasteiger partial charge < -0.3 is 9.47 Å². The van der Waals surface area contributed by atoms with Gasteiger partial charge in [0.2, 0.25) is 11.8 Å². The van der Waals surface area contributed by atoms with Crippen molar-refractivity contribution >= 4 is 23.6 Å². The van der Waals surface area contributed by atoms with Crippen LogP contribution in [0.1, 0.15) is 38.7 Å². The zero-order chi connectivity index (χ0) is 20.7. The summed E-state index contributed by atoms with van der Waals surface area (Å²) in [5.41, 5.74) is 1.27. The van der Waals surface area contributed by atoms with E-state index in [-0.39, 0.29) is 13.1 Å². The molecule has 1 heterocycles. The molecule has 28 heavy (non-hydrogen) atoms. The summed E-state index contributed by atoms with van der Waals surface area (Å²) in [7, 11) is 3.12. The van der Waals surface area contributed by atoms with Gasteiger partial charge in [0.05, 0.1) is 20.8 Å². The summed E-state index contributed by atoms with van der Waals surface area (Å²) < 4.78 is 10.5. The lowest BCUT2D eigenvalue weighted by Crippen LogP contribution is -2.60. The highest BCUT2D eigenvalue weighted by Crippen LogP contribution is 2.23. The molecule has 2 rings (SSSR count). The number of carbonyl (C=O) groups is 3. The van der Waals surface area contributed by atoms with Gasteiger partial charge in [0, 0.05) is 18.3 Å². The molecule has 8 nitrogen and oxygen atoms in total. The lowest BCUT2D eigenvalue weighted by atomic mass is 9.96. The third-order valence-electron chi connectivity index (χ3n) is 4.56. The fourth-order valence-corrected chi connectivity index (χ4v) is 2.99. The highest BCUT2D eigenvalue weighted by atomic mass is 16.5. The molecule has 1 fully saturated rings. The Morgan fingerprint density at radius 2 is 1.75 bits per heavy atom. The predicted molar refractivity (Wildman–Crippen MR) is 105 cm³/mol. The van der Waals surface area contributed by atoms with Crippen molar-refractivity contribution in [3.05, 3.63) is 23.8 Å². The average Bonchev–Trinajstić information content (AvgIpc) is 2.69. The largest absolute Gasteiger partial charge is 0.497 e. The number of hydrogen-bond acceptors (Lipinski definition) is 6. The zero-order valence-electron chi connectivity index (χ0n) is 16.8. The van der Waals surface area contributed by atoms with Crippen LogP contribution in [0.4, 0.5) is 4.79 Å². The molecule has 0 bridgehead atoms. The van der Waals surface area contributed by atoms with Crippen LogP contribution < -0.4 is 14.8 Å². The summed E-state index contributed by atoms with van der Waals surface area (Å²) in [5, 5.41) is 2.27. The number of ether oxygens (including phenoxy) is 2. The van der Waals surface area contributed by atoms with Crippen molar-refractivity contribution in [2.75, 3.05) is 20.8 Å². The second kappa shape index (κ2) is 9.87. The standard InChI is InChI=1S/C20H27N3O5/c1-5-7-8-23-19(25)17(18(24)22-20(23)26)16(6-2)21-12-13-9-14(27-3)11-15(10-13)28-4/h9-11,17H,5-8,12H2,1-4H3,(H,22,24,26)/t17-/m1/s1. The molecule has 0 aliphatic carbocycles. The molecule has 1 N–H and O–H groups in total. The summed E-state index contributed by atoms with van der Waals surface area (Å²) in [5.74, 6) is -0.944. The number of carbonyl (C=O) groups excluding carboxylic acids is 3. The molecule has 1 aromatic carbocycles. The van der Waals surface area contributed by atoms with E-state index in [0.29, 0.717) is 30.1 Å². The highest BCUT2D eigenvalue weighted by molar-refractivity contribution is 6.27. The number of unbranched alkanes of at least 4 members (excludes halogenated alkanes) is 1. The number of amides is 4. The zero-order valence-corrected chi connectivity index (χ0v) is 16.8. The Kier molecular flexibility index (Phi) is 7.54. The SMILES string of the molecule is CCCCN1C(=O)NC(=O)[C@@H](C(CC)=NCc2cc(OC)cc(OC)c2)C1=O. The minimum absolute atomic E-state index is 0.261. The number of urea groups is 1. The van der Waals surface area contributed by atoms with Gasteiger partial charge >= 0.3 is 6.03 Å². The maximum absolute atomic E-state index is 12.8. The van der Waals surface area contributed by atoms with Gasteiger partial charge in [-0.2, -0.15) is 0 Å². The van der Waals surface area contributed by atoms with Crippen LogP contribution in [0.3, 0.4) is 0 Å². The maximum atomic E-state index is 12.8. The molecule has 0 spiro atoms. The van der Waals surface area contributed by atoms with E-state index in [1.54, 1.807) is 20.3 Å². The van der Waals surface area contributed by atoms with Gasteiger partial charge in [-0.3, -0.25) is 24.8 Å². The molecule has 0 aromatic heterocycles. The Hall–Kier alpha value is -2.90. The molecule has 1 aromatic rings. The smallest absolute Gasteiger partial charge is 0.330 e. The first-order valence-electron chi connectivity index (χ1n) is 9.36. The number of benzene rings is 1. The Balaban J connectivity index is 2.26. The fraction of sp³-hybridized carbons (Fsp3) is 0.500. The van der Waals surface area contributed by atoms with Crippen LogP contribution in [0.25, 0.3) is 0 Å². The van der Waals surface area contributed by atoms with Crippen LogP contribution in [0.15, 0.2) is 23.2 Å². The molecule has 1 aliphatic heterocycles. The number of barbiturate groups is 1. The number of imide groups is 2. The summed E-state index contributed by atoms with van der Waals surface area (Å²) in [6.07, 6.45) is 1.94. The first-order chi connectivity index (χ1) is 13.4.